The van der Waals surface area contributed by atoms with E-state index in [1.54, 1.807) is 0 Å². The maximum Gasteiger partial charge on any atom is 0.290 e. The number of nitrogens with zero attached hydrogens (tertiary/aromatic N) is 1. The lowest BCUT2D eigenvalue weighted by Gasteiger charge is -2.37. The topological polar surface area (TPSA) is 76.5 Å². The highest BCUT2D eigenvalue weighted by atomic mass is 16.4. The molecule has 1 amide bonds. The third-order valence-corrected chi connectivity index (χ3v) is 4.92. The maximum absolute atomic E-state index is 12.9. The lowest BCUT2D eigenvalue weighted by atomic mass is 9.93. The van der Waals surface area contributed by atoms with E-state index in [4.69, 9.17) is 10.2 Å². The lowest BCUT2D eigenvalue weighted by Crippen LogP contribution is -2.51. The van der Waals surface area contributed by atoms with Crippen LogP contribution in [-0.4, -0.2) is 35.2 Å². The monoisotopic (exact) mass is 304 g/mol. The van der Waals surface area contributed by atoms with Crippen LogP contribution in [0.4, 0.5) is 0 Å². The number of ketones is 1. The van der Waals surface area contributed by atoms with Gasteiger partial charge in [0, 0.05) is 37.0 Å². The van der Waals surface area contributed by atoms with Gasteiger partial charge in [0.15, 0.2) is 11.5 Å². The number of rotatable bonds is 2. The summed E-state index contributed by atoms with van der Waals surface area (Å²) in [6.07, 6.45) is 5.12. The second kappa shape index (κ2) is 5.88. The Morgan fingerprint density at radius 2 is 2.09 bits per heavy atom. The zero-order valence-corrected chi connectivity index (χ0v) is 13.4. The average Bonchev–Trinajstić information content (AvgIpc) is 2.85. The molecule has 1 aromatic heterocycles. The van der Waals surface area contributed by atoms with Crippen LogP contribution in [-0.2, 0) is 6.42 Å². The highest BCUT2D eigenvalue weighted by molar-refractivity contribution is 6.03. The molecule has 0 bridgehead atoms. The predicted octanol–water partition coefficient (Wildman–Crippen LogP) is 2.45. The number of Topliss-reactive ketones (excluding diaryl/α,β-unsaturated/α-hetero) is 1. The van der Waals surface area contributed by atoms with E-state index in [0.717, 1.165) is 32.1 Å². The summed E-state index contributed by atoms with van der Waals surface area (Å²) in [6.45, 7) is 4.48. The molecule has 0 radical (unpaired) electrons. The van der Waals surface area contributed by atoms with Crippen molar-refractivity contribution < 1.29 is 14.0 Å². The standard InChI is InChI=1S/C17H24N2O3/c1-10-15-13(20)7-5-8-14(15)22-16(10)17(21)19-9-4-3-6-12(19)11(2)18/h11-12H,3-9,18H2,1-2H3. The molecule has 2 atom stereocenters. The Kier molecular flexibility index (Phi) is 4.08. The van der Waals surface area contributed by atoms with E-state index >= 15 is 0 Å². The van der Waals surface area contributed by atoms with Crippen LogP contribution in [0.25, 0.3) is 0 Å². The van der Waals surface area contributed by atoms with Crippen molar-refractivity contribution in [3.05, 3.63) is 22.6 Å². The van der Waals surface area contributed by atoms with Gasteiger partial charge in [-0.25, -0.2) is 0 Å². The minimum Gasteiger partial charge on any atom is -0.455 e. The van der Waals surface area contributed by atoms with Crippen LogP contribution in [0.15, 0.2) is 4.42 Å². The zero-order chi connectivity index (χ0) is 15.9. The Balaban J connectivity index is 1.93. The van der Waals surface area contributed by atoms with Crippen LogP contribution in [0.1, 0.15) is 71.3 Å². The van der Waals surface area contributed by atoms with Gasteiger partial charge in [-0.15, -0.1) is 0 Å². The van der Waals surface area contributed by atoms with Gasteiger partial charge >= 0.3 is 0 Å². The van der Waals surface area contributed by atoms with Gasteiger partial charge in [0.25, 0.3) is 5.91 Å². The molecule has 120 valence electrons. The summed E-state index contributed by atoms with van der Waals surface area (Å²) in [5.74, 6) is 1.02. The van der Waals surface area contributed by atoms with Gasteiger partial charge in [-0.2, -0.15) is 0 Å². The van der Waals surface area contributed by atoms with Gasteiger partial charge in [0.05, 0.1) is 5.56 Å². The number of hydrogen-bond donors (Lipinski definition) is 1. The summed E-state index contributed by atoms with van der Waals surface area (Å²) in [4.78, 5) is 26.9. The molecule has 0 saturated carbocycles. The molecular weight excluding hydrogens is 280 g/mol. The molecule has 1 aromatic rings. The fraction of sp³-hybridized carbons (Fsp3) is 0.647. The molecule has 1 saturated heterocycles. The number of hydrogen-bond acceptors (Lipinski definition) is 4. The second-order valence-corrected chi connectivity index (χ2v) is 6.55. The highest BCUT2D eigenvalue weighted by Gasteiger charge is 2.35. The first-order valence-corrected chi connectivity index (χ1v) is 8.22. The molecule has 22 heavy (non-hydrogen) atoms. The SMILES string of the molecule is Cc1c(C(=O)N2CCCCC2C(C)N)oc2c1C(=O)CCC2. The number of piperidine rings is 1. The first kappa shape index (κ1) is 15.3. The van der Waals surface area contributed by atoms with E-state index < -0.39 is 0 Å². The van der Waals surface area contributed by atoms with Gasteiger partial charge in [-0.3, -0.25) is 9.59 Å². The van der Waals surface area contributed by atoms with Gasteiger partial charge in [-0.1, -0.05) is 0 Å². The summed E-state index contributed by atoms with van der Waals surface area (Å²) < 4.78 is 5.80. The van der Waals surface area contributed by atoms with E-state index in [9.17, 15) is 9.59 Å². The van der Waals surface area contributed by atoms with Crippen LogP contribution in [0, 0.1) is 6.92 Å². The molecule has 2 unspecified atom stereocenters. The van der Waals surface area contributed by atoms with E-state index in [-0.39, 0.29) is 23.8 Å². The maximum atomic E-state index is 12.9. The molecule has 2 N–H and O–H groups in total. The highest BCUT2D eigenvalue weighted by Crippen LogP contribution is 2.31. The Morgan fingerprint density at radius 1 is 1.32 bits per heavy atom. The number of carbonyl (C=O) groups is 2. The van der Waals surface area contributed by atoms with Crippen molar-refractivity contribution in [3.8, 4) is 0 Å². The van der Waals surface area contributed by atoms with Crippen LogP contribution in [0.5, 0.6) is 0 Å². The third-order valence-electron chi connectivity index (χ3n) is 4.92. The first-order chi connectivity index (χ1) is 10.5. The van der Waals surface area contributed by atoms with E-state index in [1.165, 1.54) is 0 Å². The summed E-state index contributed by atoms with van der Waals surface area (Å²) >= 11 is 0. The first-order valence-electron chi connectivity index (χ1n) is 8.22. The number of carbonyl (C=O) groups excluding carboxylic acids is 2. The number of furan rings is 1. The smallest absolute Gasteiger partial charge is 0.290 e. The van der Waals surface area contributed by atoms with E-state index in [2.05, 4.69) is 0 Å². The van der Waals surface area contributed by atoms with Crippen molar-refractivity contribution in [3.63, 3.8) is 0 Å². The fourth-order valence-corrected chi connectivity index (χ4v) is 3.74. The van der Waals surface area contributed by atoms with Crippen molar-refractivity contribution in [2.75, 3.05) is 6.54 Å². The summed E-state index contributed by atoms with van der Waals surface area (Å²) in [6, 6.07) is -0.00532. The van der Waals surface area contributed by atoms with Crippen LogP contribution in [0.3, 0.4) is 0 Å². The Hall–Kier alpha value is -1.62. The lowest BCUT2D eigenvalue weighted by molar-refractivity contribution is 0.0548. The molecule has 1 aliphatic heterocycles. The summed E-state index contributed by atoms with van der Waals surface area (Å²) in [5.41, 5.74) is 7.40. The van der Waals surface area contributed by atoms with Crippen LogP contribution in [0.2, 0.25) is 0 Å². The van der Waals surface area contributed by atoms with Crippen molar-refractivity contribution in [2.45, 2.75) is 64.5 Å². The quantitative estimate of drug-likeness (QED) is 0.910. The predicted molar refractivity (Wildman–Crippen MR) is 83.0 cm³/mol. The Morgan fingerprint density at radius 3 is 2.77 bits per heavy atom. The van der Waals surface area contributed by atoms with E-state index in [0.29, 0.717) is 35.6 Å². The number of amides is 1. The molecule has 5 nitrogen and oxygen atoms in total. The molecule has 3 rings (SSSR count). The number of fused-ring (bicyclic) bond motifs is 1. The molecule has 2 aliphatic rings. The van der Waals surface area contributed by atoms with Crippen LogP contribution < -0.4 is 5.73 Å². The Bertz CT molecular complexity index is 603. The molecule has 5 heteroatoms. The molecule has 1 fully saturated rings. The minimum atomic E-state index is -0.110. The van der Waals surface area contributed by atoms with Crippen molar-refractivity contribution in [1.82, 2.24) is 4.90 Å². The molecular formula is C17H24N2O3. The number of nitrogens with two attached hydrogens (primary N) is 1. The molecule has 0 aromatic carbocycles. The fourth-order valence-electron chi connectivity index (χ4n) is 3.74. The van der Waals surface area contributed by atoms with Crippen molar-refractivity contribution in [2.24, 2.45) is 5.73 Å². The second-order valence-electron chi connectivity index (χ2n) is 6.55. The van der Waals surface area contributed by atoms with Gasteiger partial charge in [0.2, 0.25) is 0 Å². The zero-order valence-electron chi connectivity index (χ0n) is 13.4. The average molecular weight is 304 g/mol. The normalized spacial score (nSPS) is 23.3. The molecule has 1 aliphatic carbocycles. The molecule has 0 spiro atoms. The summed E-state index contributed by atoms with van der Waals surface area (Å²) in [7, 11) is 0. The van der Waals surface area contributed by atoms with Crippen LogP contribution >= 0.6 is 0 Å². The minimum absolute atomic E-state index is 0.0541. The van der Waals surface area contributed by atoms with Crippen molar-refractivity contribution >= 4 is 11.7 Å². The summed E-state index contributed by atoms with van der Waals surface area (Å²) in [5, 5.41) is 0. The number of likely N-dealkylation sites (tertiary alicyclic amines) is 1. The van der Waals surface area contributed by atoms with Gasteiger partial charge in [-0.05, 0) is 39.5 Å². The number of aryl methyl sites for hydroxylation is 1. The largest absolute Gasteiger partial charge is 0.455 e. The Labute approximate surface area is 130 Å². The van der Waals surface area contributed by atoms with Gasteiger partial charge in [0.1, 0.15) is 5.76 Å². The van der Waals surface area contributed by atoms with Crippen molar-refractivity contribution in [1.29, 1.82) is 0 Å². The molecule has 2 heterocycles. The van der Waals surface area contributed by atoms with E-state index in [1.807, 2.05) is 18.7 Å². The third kappa shape index (κ3) is 2.47. The van der Waals surface area contributed by atoms with Gasteiger partial charge < -0.3 is 15.1 Å².